The standard InChI is InChI=1S/C52H31N3O/c1-3-15-32(16-4-1)49-53-50(33-17-5-2-6-18-33)55-51(54-49)47-35(29-30-41-40-22-10-14-26-46(40)56-48(41)47)34-27-28-39-38-21-9-13-25-44(38)52(45(39)31-34)42-23-11-7-19-36(42)37-20-8-12-24-43(37)52/h1-31H. The van der Waals surface area contributed by atoms with Gasteiger partial charge in [0.15, 0.2) is 17.5 Å². The number of aromatic nitrogens is 3. The lowest BCUT2D eigenvalue weighted by Crippen LogP contribution is -2.25. The summed E-state index contributed by atoms with van der Waals surface area (Å²) in [6.07, 6.45) is 0. The van der Waals surface area contributed by atoms with Gasteiger partial charge in [-0.3, -0.25) is 0 Å². The van der Waals surface area contributed by atoms with E-state index in [0.29, 0.717) is 17.5 Å². The molecule has 0 radical (unpaired) electrons. The van der Waals surface area contributed by atoms with Crippen LogP contribution in [0.25, 0.3) is 89.5 Å². The molecule has 2 aliphatic rings. The fourth-order valence-electron chi connectivity index (χ4n) is 9.43. The summed E-state index contributed by atoms with van der Waals surface area (Å²) in [6, 6.07) is 66.7. The van der Waals surface area contributed by atoms with Gasteiger partial charge in [0.2, 0.25) is 0 Å². The van der Waals surface area contributed by atoms with Crippen LogP contribution in [0.15, 0.2) is 192 Å². The summed E-state index contributed by atoms with van der Waals surface area (Å²) < 4.78 is 6.82. The van der Waals surface area contributed by atoms with Crippen molar-refractivity contribution in [3.63, 3.8) is 0 Å². The van der Waals surface area contributed by atoms with Gasteiger partial charge in [-0.15, -0.1) is 0 Å². The van der Waals surface area contributed by atoms with E-state index < -0.39 is 5.41 Å². The Morgan fingerprint density at radius 2 is 0.821 bits per heavy atom. The fourth-order valence-corrected chi connectivity index (χ4v) is 9.43. The SMILES string of the molecule is c1ccc(-c2nc(-c3ccccc3)nc(-c3c(-c4ccc5c(c4)C4(c6ccccc6-c6ccccc64)c4ccccc4-5)ccc4c3oc3ccccc34)n2)cc1. The van der Waals surface area contributed by atoms with Crippen LogP contribution >= 0.6 is 0 Å². The van der Waals surface area contributed by atoms with Crippen LogP contribution in [0.3, 0.4) is 0 Å². The molecule has 0 bridgehead atoms. The monoisotopic (exact) mass is 713 g/mol. The van der Waals surface area contributed by atoms with Gasteiger partial charge in [0.1, 0.15) is 11.2 Å². The lowest BCUT2D eigenvalue weighted by atomic mass is 9.70. The number of rotatable bonds is 4. The first-order chi connectivity index (χ1) is 27.8. The van der Waals surface area contributed by atoms with Gasteiger partial charge in [-0.1, -0.05) is 170 Å². The quantitative estimate of drug-likeness (QED) is 0.182. The molecule has 0 amide bonds. The Hall–Kier alpha value is -7.43. The van der Waals surface area contributed by atoms with Crippen LogP contribution in [0, 0.1) is 0 Å². The molecular weight excluding hydrogens is 683 g/mol. The minimum absolute atomic E-state index is 0.465. The average molecular weight is 714 g/mol. The van der Waals surface area contributed by atoms with Crippen molar-refractivity contribution < 1.29 is 4.42 Å². The van der Waals surface area contributed by atoms with E-state index in [9.17, 15) is 0 Å². The molecular formula is C52H31N3O. The Balaban J connectivity index is 1.17. The van der Waals surface area contributed by atoms with E-state index >= 15 is 0 Å². The molecule has 0 saturated heterocycles. The Bertz CT molecular complexity index is 3080. The first-order valence-electron chi connectivity index (χ1n) is 19.0. The molecule has 260 valence electrons. The predicted octanol–water partition coefficient (Wildman–Crippen LogP) is 12.8. The molecule has 0 N–H and O–H groups in total. The molecule has 10 aromatic rings. The van der Waals surface area contributed by atoms with Gasteiger partial charge < -0.3 is 4.42 Å². The highest BCUT2D eigenvalue weighted by atomic mass is 16.3. The van der Waals surface area contributed by atoms with Crippen LogP contribution in [0.2, 0.25) is 0 Å². The van der Waals surface area contributed by atoms with E-state index in [1.165, 1.54) is 44.5 Å². The van der Waals surface area contributed by atoms with Crippen molar-refractivity contribution in [3.05, 3.63) is 210 Å². The van der Waals surface area contributed by atoms with Crippen LogP contribution in [0.5, 0.6) is 0 Å². The van der Waals surface area contributed by atoms with E-state index in [-0.39, 0.29) is 0 Å². The molecule has 0 atom stereocenters. The predicted molar refractivity (Wildman–Crippen MR) is 225 cm³/mol. The summed E-state index contributed by atoms with van der Waals surface area (Å²) in [5.41, 5.74) is 16.2. The van der Waals surface area contributed by atoms with E-state index in [1.807, 2.05) is 72.8 Å². The van der Waals surface area contributed by atoms with Gasteiger partial charge in [0, 0.05) is 21.9 Å². The van der Waals surface area contributed by atoms with Gasteiger partial charge >= 0.3 is 0 Å². The Kier molecular flexibility index (Phi) is 6.52. The number of hydrogen-bond donors (Lipinski definition) is 0. The lowest BCUT2D eigenvalue weighted by molar-refractivity contribution is 0.669. The van der Waals surface area contributed by atoms with Crippen molar-refractivity contribution in [2.45, 2.75) is 5.41 Å². The summed E-state index contributed by atoms with van der Waals surface area (Å²) in [5.74, 6) is 1.78. The van der Waals surface area contributed by atoms with Gasteiger partial charge in [0.25, 0.3) is 0 Å². The number of fused-ring (bicyclic) bond motifs is 13. The second-order valence-corrected chi connectivity index (χ2v) is 14.6. The van der Waals surface area contributed by atoms with Crippen LogP contribution in [0.4, 0.5) is 0 Å². The molecule has 2 aliphatic carbocycles. The molecule has 1 spiro atoms. The molecule has 4 heteroatoms. The van der Waals surface area contributed by atoms with E-state index in [1.54, 1.807) is 0 Å². The van der Waals surface area contributed by atoms with Gasteiger partial charge in [0.05, 0.1) is 11.0 Å². The number of furan rings is 1. The highest BCUT2D eigenvalue weighted by Crippen LogP contribution is 2.63. The third-order valence-electron chi connectivity index (χ3n) is 11.8. The molecule has 2 aromatic heterocycles. The first kappa shape index (κ1) is 31.0. The van der Waals surface area contributed by atoms with Gasteiger partial charge in [-0.2, -0.15) is 0 Å². The molecule has 2 heterocycles. The van der Waals surface area contributed by atoms with Crippen molar-refractivity contribution in [1.82, 2.24) is 15.0 Å². The van der Waals surface area contributed by atoms with Gasteiger partial charge in [-0.25, -0.2) is 15.0 Å². The minimum atomic E-state index is -0.465. The van der Waals surface area contributed by atoms with Crippen molar-refractivity contribution in [2.24, 2.45) is 0 Å². The molecule has 4 nitrogen and oxygen atoms in total. The van der Waals surface area contributed by atoms with Crippen LogP contribution < -0.4 is 0 Å². The van der Waals surface area contributed by atoms with Gasteiger partial charge in [-0.05, 0) is 73.8 Å². The van der Waals surface area contributed by atoms with Crippen LogP contribution in [0.1, 0.15) is 22.3 Å². The normalized spacial score (nSPS) is 13.1. The zero-order chi connectivity index (χ0) is 36.8. The number of hydrogen-bond acceptors (Lipinski definition) is 4. The highest BCUT2D eigenvalue weighted by molar-refractivity contribution is 6.12. The van der Waals surface area contributed by atoms with Crippen molar-refractivity contribution in [2.75, 3.05) is 0 Å². The fraction of sp³-hybridized carbons (Fsp3) is 0.0192. The Morgan fingerprint density at radius 1 is 0.339 bits per heavy atom. The second-order valence-electron chi connectivity index (χ2n) is 14.6. The minimum Gasteiger partial charge on any atom is -0.455 e. The zero-order valence-corrected chi connectivity index (χ0v) is 30.1. The molecule has 12 rings (SSSR count). The van der Waals surface area contributed by atoms with Crippen molar-refractivity contribution in [1.29, 1.82) is 0 Å². The van der Waals surface area contributed by atoms with Crippen LogP contribution in [-0.4, -0.2) is 15.0 Å². The highest BCUT2D eigenvalue weighted by Gasteiger charge is 2.51. The average Bonchev–Trinajstić information content (AvgIpc) is 3.90. The molecule has 56 heavy (non-hydrogen) atoms. The van der Waals surface area contributed by atoms with E-state index in [4.69, 9.17) is 19.4 Å². The van der Waals surface area contributed by atoms with Crippen molar-refractivity contribution >= 4 is 21.9 Å². The summed E-state index contributed by atoms with van der Waals surface area (Å²) >= 11 is 0. The molecule has 0 saturated carbocycles. The number of benzene rings is 8. The van der Waals surface area contributed by atoms with E-state index in [2.05, 4.69) is 115 Å². The first-order valence-corrected chi connectivity index (χ1v) is 19.0. The summed E-state index contributed by atoms with van der Waals surface area (Å²) in [6.45, 7) is 0. The third kappa shape index (κ3) is 4.27. The molecule has 8 aromatic carbocycles. The Labute approximate surface area is 323 Å². The smallest absolute Gasteiger partial charge is 0.168 e. The number of nitrogens with zero attached hydrogens (tertiary/aromatic N) is 3. The van der Waals surface area contributed by atoms with E-state index in [0.717, 1.165) is 49.8 Å². The summed E-state index contributed by atoms with van der Waals surface area (Å²) in [7, 11) is 0. The lowest BCUT2D eigenvalue weighted by Gasteiger charge is -2.30. The second kappa shape index (κ2) is 11.8. The zero-order valence-electron chi connectivity index (χ0n) is 30.1. The third-order valence-corrected chi connectivity index (χ3v) is 11.8. The largest absolute Gasteiger partial charge is 0.455 e. The van der Waals surface area contributed by atoms with Crippen LogP contribution in [-0.2, 0) is 5.41 Å². The maximum Gasteiger partial charge on any atom is 0.168 e. The summed E-state index contributed by atoms with van der Waals surface area (Å²) in [5, 5.41) is 2.07. The molecule has 0 fully saturated rings. The maximum atomic E-state index is 6.82. The molecule has 0 aliphatic heterocycles. The Morgan fingerprint density at radius 3 is 1.43 bits per heavy atom. The summed E-state index contributed by atoms with van der Waals surface area (Å²) in [4.78, 5) is 15.6. The topological polar surface area (TPSA) is 51.8 Å². The molecule has 0 unspecified atom stereocenters. The van der Waals surface area contributed by atoms with Crippen molar-refractivity contribution in [3.8, 4) is 67.5 Å². The number of para-hydroxylation sites is 1. The maximum absolute atomic E-state index is 6.82.